The Morgan fingerprint density at radius 2 is 1.33 bits per heavy atom. The van der Waals surface area contributed by atoms with Gasteiger partial charge < -0.3 is 9.84 Å². The molecule has 0 fully saturated rings. The van der Waals surface area contributed by atoms with E-state index in [-0.39, 0.29) is 0 Å². The largest absolute Gasteiger partial charge is 0.511 e. The first kappa shape index (κ1) is 13.8. The molecule has 2 rings (SSSR count). The van der Waals surface area contributed by atoms with Crippen LogP contribution in [0.15, 0.2) is 54.6 Å². The van der Waals surface area contributed by atoms with Crippen molar-refractivity contribution in [1.82, 2.24) is 0 Å². The maximum absolute atomic E-state index is 9.95. The van der Waals surface area contributed by atoms with Gasteiger partial charge in [0, 0.05) is 0 Å². The van der Waals surface area contributed by atoms with Gasteiger partial charge in [0.2, 0.25) is 0 Å². The van der Waals surface area contributed by atoms with Crippen LogP contribution in [0.2, 0.25) is 0 Å². The van der Waals surface area contributed by atoms with Gasteiger partial charge in [-0.15, -0.1) is 0 Å². The second-order valence-electron chi connectivity index (χ2n) is 3.77. The van der Waals surface area contributed by atoms with E-state index in [1.54, 1.807) is 30.3 Å². The van der Waals surface area contributed by atoms with Gasteiger partial charge in [-0.1, -0.05) is 42.5 Å². The number of ether oxygens (including phenoxy) is 1. The van der Waals surface area contributed by atoms with E-state index in [1.807, 2.05) is 0 Å². The van der Waals surface area contributed by atoms with Gasteiger partial charge in [-0.25, -0.2) is 4.79 Å². The minimum Gasteiger partial charge on any atom is -0.449 e. The molecule has 0 atom stereocenters. The molecule has 18 heavy (non-hydrogen) atoms. The molecule has 0 aliphatic rings. The fourth-order valence-electron chi connectivity index (χ4n) is 1.25. The van der Waals surface area contributed by atoms with Gasteiger partial charge in [0.1, 0.15) is 5.75 Å². The van der Waals surface area contributed by atoms with Crippen molar-refractivity contribution in [3.8, 4) is 5.75 Å². The van der Waals surface area contributed by atoms with Crippen molar-refractivity contribution < 1.29 is 14.6 Å². The smallest absolute Gasteiger partial charge is 0.449 e. The third-order valence-electron chi connectivity index (χ3n) is 2.37. The lowest BCUT2D eigenvalue weighted by Crippen LogP contribution is -2.02. The first-order valence-corrected chi connectivity index (χ1v) is 5.57. The highest BCUT2D eigenvalue weighted by Gasteiger charge is 1.96. The summed E-state index contributed by atoms with van der Waals surface area (Å²) in [6.45, 7) is 4.24. The zero-order valence-electron chi connectivity index (χ0n) is 10.5. The van der Waals surface area contributed by atoms with Crippen molar-refractivity contribution in [3.05, 3.63) is 65.7 Å². The minimum atomic E-state index is -1.29. The summed E-state index contributed by atoms with van der Waals surface area (Å²) >= 11 is 0. The monoisotopic (exact) mass is 244 g/mol. The summed E-state index contributed by atoms with van der Waals surface area (Å²) in [4.78, 5) is 9.95. The fourth-order valence-corrected chi connectivity index (χ4v) is 1.25. The predicted molar refractivity (Wildman–Crippen MR) is 71.0 cm³/mol. The van der Waals surface area contributed by atoms with Crippen LogP contribution in [0.3, 0.4) is 0 Å². The molecule has 0 aliphatic heterocycles. The van der Waals surface area contributed by atoms with E-state index in [0.29, 0.717) is 5.75 Å². The Morgan fingerprint density at radius 1 is 0.889 bits per heavy atom. The number of benzene rings is 2. The molecule has 0 amide bonds. The second-order valence-corrected chi connectivity index (χ2v) is 3.77. The van der Waals surface area contributed by atoms with Crippen molar-refractivity contribution in [1.29, 1.82) is 0 Å². The van der Waals surface area contributed by atoms with E-state index in [4.69, 9.17) is 5.11 Å². The van der Waals surface area contributed by atoms with Crippen LogP contribution in [0.25, 0.3) is 0 Å². The normalized spacial score (nSPS) is 9.00. The van der Waals surface area contributed by atoms with Gasteiger partial charge >= 0.3 is 6.16 Å². The second kappa shape index (κ2) is 7.12. The van der Waals surface area contributed by atoms with Gasteiger partial charge in [0.25, 0.3) is 0 Å². The highest BCUT2D eigenvalue weighted by molar-refractivity contribution is 5.60. The molecule has 3 nitrogen and oxygen atoms in total. The van der Waals surface area contributed by atoms with E-state index >= 15 is 0 Å². The van der Waals surface area contributed by atoms with E-state index in [1.165, 1.54) is 11.1 Å². The number of carbonyl (C=O) groups is 1. The van der Waals surface area contributed by atoms with E-state index < -0.39 is 6.16 Å². The molecule has 2 aromatic rings. The molecule has 0 heterocycles. The lowest BCUT2D eigenvalue weighted by Gasteiger charge is -1.95. The van der Waals surface area contributed by atoms with Gasteiger partial charge in [-0.05, 0) is 37.1 Å². The molecule has 0 aliphatic carbocycles. The first-order valence-electron chi connectivity index (χ1n) is 5.57. The zero-order valence-corrected chi connectivity index (χ0v) is 10.5. The van der Waals surface area contributed by atoms with Crippen LogP contribution in [-0.4, -0.2) is 11.3 Å². The van der Waals surface area contributed by atoms with Crippen molar-refractivity contribution in [2.45, 2.75) is 13.8 Å². The summed E-state index contributed by atoms with van der Waals surface area (Å²) in [7, 11) is 0. The molecule has 1 N–H and O–H groups in total. The molecule has 94 valence electrons. The highest BCUT2D eigenvalue weighted by Crippen LogP contribution is 2.07. The maximum Gasteiger partial charge on any atom is 0.511 e. The quantitative estimate of drug-likeness (QED) is 0.608. The Hall–Kier alpha value is -2.29. The molecule has 0 bridgehead atoms. The Morgan fingerprint density at radius 3 is 1.72 bits per heavy atom. The summed E-state index contributed by atoms with van der Waals surface area (Å²) in [5.41, 5.74) is 2.74. The topological polar surface area (TPSA) is 46.5 Å². The number of carboxylic acid groups (broad SMARTS) is 1. The van der Waals surface area contributed by atoms with Crippen LogP contribution < -0.4 is 4.74 Å². The molecule has 0 saturated carbocycles. The van der Waals surface area contributed by atoms with Crippen LogP contribution in [0.1, 0.15) is 11.1 Å². The van der Waals surface area contributed by atoms with E-state index in [9.17, 15) is 4.79 Å². The van der Waals surface area contributed by atoms with Crippen molar-refractivity contribution in [3.63, 3.8) is 0 Å². The number of rotatable bonds is 1. The third kappa shape index (κ3) is 5.16. The average molecular weight is 244 g/mol. The van der Waals surface area contributed by atoms with Crippen molar-refractivity contribution in [2.24, 2.45) is 0 Å². The number of para-hydroxylation sites is 1. The van der Waals surface area contributed by atoms with E-state index in [2.05, 4.69) is 42.8 Å². The molecule has 3 heteroatoms. The SMILES string of the molecule is Cc1ccccc1C.O=C(O)Oc1ccccc1. The maximum atomic E-state index is 9.95. The Labute approximate surface area is 107 Å². The molecule has 0 saturated heterocycles. The Balaban J connectivity index is 0.000000184. The third-order valence-corrected chi connectivity index (χ3v) is 2.37. The standard InChI is InChI=1S/C8H10.C7H6O3/c1-7-5-3-4-6-8(7)2;8-7(9)10-6-4-2-1-3-5-6/h3-6H,1-2H3;1-5H,(H,8,9). The van der Waals surface area contributed by atoms with Gasteiger partial charge in [0.05, 0.1) is 0 Å². The van der Waals surface area contributed by atoms with Crippen molar-refractivity contribution in [2.75, 3.05) is 0 Å². The Bertz CT molecular complexity index is 471. The van der Waals surface area contributed by atoms with Crippen LogP contribution in [0, 0.1) is 13.8 Å². The number of hydrogen-bond acceptors (Lipinski definition) is 2. The number of hydrogen-bond donors (Lipinski definition) is 1. The first-order chi connectivity index (χ1) is 8.59. The molecular weight excluding hydrogens is 228 g/mol. The van der Waals surface area contributed by atoms with Gasteiger partial charge in [0.15, 0.2) is 0 Å². The van der Waals surface area contributed by atoms with E-state index in [0.717, 1.165) is 0 Å². The van der Waals surface area contributed by atoms with Crippen LogP contribution in [-0.2, 0) is 0 Å². The highest BCUT2D eigenvalue weighted by atomic mass is 16.7. The lowest BCUT2D eigenvalue weighted by atomic mass is 10.1. The zero-order chi connectivity index (χ0) is 13.4. The lowest BCUT2D eigenvalue weighted by molar-refractivity contribution is 0.144. The molecule has 0 radical (unpaired) electrons. The summed E-state index contributed by atoms with van der Waals surface area (Å²) < 4.78 is 4.33. The van der Waals surface area contributed by atoms with Crippen LogP contribution in [0.4, 0.5) is 4.79 Å². The fraction of sp³-hybridized carbons (Fsp3) is 0.133. The molecule has 0 aromatic heterocycles. The molecule has 0 spiro atoms. The summed E-state index contributed by atoms with van der Waals surface area (Å²) in [5, 5.41) is 8.14. The average Bonchev–Trinajstić information content (AvgIpc) is 2.34. The molecular formula is C15H16O3. The summed E-state index contributed by atoms with van der Waals surface area (Å²) in [6, 6.07) is 16.7. The van der Waals surface area contributed by atoms with Gasteiger partial charge in [-0.3, -0.25) is 0 Å². The minimum absolute atomic E-state index is 0.343. The number of aryl methyl sites for hydroxylation is 2. The summed E-state index contributed by atoms with van der Waals surface area (Å²) in [5.74, 6) is 0.343. The van der Waals surface area contributed by atoms with Crippen molar-refractivity contribution >= 4 is 6.16 Å². The summed E-state index contributed by atoms with van der Waals surface area (Å²) in [6.07, 6.45) is -1.29. The van der Waals surface area contributed by atoms with Crippen LogP contribution in [0.5, 0.6) is 5.75 Å². The predicted octanol–water partition coefficient (Wildman–Crippen LogP) is 4.05. The Kier molecular flexibility index (Phi) is 5.45. The van der Waals surface area contributed by atoms with Crippen LogP contribution >= 0.6 is 0 Å². The molecule has 2 aromatic carbocycles. The van der Waals surface area contributed by atoms with Gasteiger partial charge in [-0.2, -0.15) is 0 Å². The molecule has 0 unspecified atom stereocenters.